The number of likely N-dealkylation sites (N-methyl/N-ethyl adjacent to an activating group) is 1. The van der Waals surface area contributed by atoms with E-state index < -0.39 is 0 Å². The van der Waals surface area contributed by atoms with Gasteiger partial charge in [0.2, 0.25) is 0 Å². The molecule has 2 rings (SSSR count). The molecule has 2 saturated heterocycles. The first-order chi connectivity index (χ1) is 6.36. The normalized spacial score (nSPS) is 26.1. The molecule has 0 spiro atoms. The van der Waals surface area contributed by atoms with Crippen LogP contribution in [0.15, 0.2) is 0 Å². The molecular weight excluding hydrogens is 164 g/mol. The van der Waals surface area contributed by atoms with Crippen molar-refractivity contribution in [1.82, 2.24) is 9.80 Å². The van der Waals surface area contributed by atoms with Crippen molar-refractivity contribution < 1.29 is 4.74 Å². The van der Waals surface area contributed by atoms with Gasteiger partial charge in [0, 0.05) is 26.2 Å². The van der Waals surface area contributed by atoms with Gasteiger partial charge >= 0.3 is 0 Å². The summed E-state index contributed by atoms with van der Waals surface area (Å²) in [5.74, 6) is 0. The highest BCUT2D eigenvalue weighted by atomic mass is 16.5. The summed E-state index contributed by atoms with van der Waals surface area (Å²) in [6.45, 7) is 10.8. The molecule has 0 amide bonds. The van der Waals surface area contributed by atoms with Crippen molar-refractivity contribution in [2.75, 3.05) is 46.4 Å². The van der Waals surface area contributed by atoms with Gasteiger partial charge in [0.25, 0.3) is 0 Å². The lowest BCUT2D eigenvalue weighted by molar-refractivity contribution is -0.0752. The molecule has 0 aliphatic carbocycles. The van der Waals surface area contributed by atoms with E-state index >= 15 is 0 Å². The number of hydrogen-bond donors (Lipinski definition) is 0. The molecule has 3 heteroatoms. The Bertz CT molecular complexity index is 129. The number of rotatable bonds is 1. The molecule has 13 heavy (non-hydrogen) atoms. The van der Waals surface area contributed by atoms with Crippen LogP contribution in [0.4, 0.5) is 0 Å². The molecule has 0 aromatic heterocycles. The quantitative estimate of drug-likeness (QED) is 0.598. The summed E-state index contributed by atoms with van der Waals surface area (Å²) >= 11 is 0. The summed E-state index contributed by atoms with van der Waals surface area (Å²) < 4.78 is 5.16. The Hall–Kier alpha value is -0.120. The molecule has 0 N–H and O–H groups in total. The third-order valence-electron chi connectivity index (χ3n) is 2.67. The summed E-state index contributed by atoms with van der Waals surface area (Å²) in [5.41, 5.74) is 0. The standard InChI is InChI=1S/C8H16N2O.C2H6/c1-9-2-4-10(5-3-9)8-6-11-7-8;1-2/h8H,2-7H2,1H3;1-2H3. The van der Waals surface area contributed by atoms with E-state index in [1.165, 1.54) is 26.2 Å². The number of ether oxygens (including phenoxy) is 1. The van der Waals surface area contributed by atoms with Crippen LogP contribution in [0.2, 0.25) is 0 Å². The van der Waals surface area contributed by atoms with Crippen LogP contribution < -0.4 is 0 Å². The Morgan fingerprint density at radius 1 is 1.00 bits per heavy atom. The lowest BCUT2D eigenvalue weighted by atomic mass is 10.2. The fourth-order valence-electron chi connectivity index (χ4n) is 1.62. The highest BCUT2D eigenvalue weighted by molar-refractivity contribution is 4.81. The first kappa shape index (κ1) is 11.0. The van der Waals surface area contributed by atoms with Gasteiger partial charge < -0.3 is 9.64 Å². The van der Waals surface area contributed by atoms with E-state index in [0.717, 1.165) is 19.3 Å². The fraction of sp³-hybridized carbons (Fsp3) is 1.00. The van der Waals surface area contributed by atoms with Crippen LogP contribution in [0, 0.1) is 0 Å². The second kappa shape index (κ2) is 5.58. The predicted octanol–water partition coefficient (Wildman–Crippen LogP) is 0.659. The van der Waals surface area contributed by atoms with Crippen molar-refractivity contribution in [3.05, 3.63) is 0 Å². The fourth-order valence-corrected chi connectivity index (χ4v) is 1.62. The topological polar surface area (TPSA) is 15.7 Å². The average molecular weight is 186 g/mol. The maximum Gasteiger partial charge on any atom is 0.0645 e. The minimum Gasteiger partial charge on any atom is -0.378 e. The minimum atomic E-state index is 0.740. The zero-order chi connectivity index (χ0) is 9.68. The molecule has 2 heterocycles. The predicted molar refractivity (Wildman–Crippen MR) is 55.0 cm³/mol. The van der Waals surface area contributed by atoms with Gasteiger partial charge in [-0.05, 0) is 7.05 Å². The van der Waals surface area contributed by atoms with E-state index in [1.807, 2.05) is 13.8 Å². The van der Waals surface area contributed by atoms with Crippen molar-refractivity contribution in [2.24, 2.45) is 0 Å². The molecule has 78 valence electrons. The van der Waals surface area contributed by atoms with E-state index in [4.69, 9.17) is 4.74 Å². The monoisotopic (exact) mass is 186 g/mol. The van der Waals surface area contributed by atoms with Crippen molar-refractivity contribution in [3.8, 4) is 0 Å². The molecule has 2 fully saturated rings. The number of piperazine rings is 1. The summed E-state index contributed by atoms with van der Waals surface area (Å²) in [7, 11) is 2.19. The van der Waals surface area contributed by atoms with Gasteiger partial charge in [-0.3, -0.25) is 4.90 Å². The highest BCUT2D eigenvalue weighted by Crippen LogP contribution is 2.12. The summed E-state index contributed by atoms with van der Waals surface area (Å²) in [6, 6.07) is 0.740. The van der Waals surface area contributed by atoms with Gasteiger partial charge in [-0.1, -0.05) is 13.8 Å². The minimum absolute atomic E-state index is 0.740. The lowest BCUT2D eigenvalue weighted by Crippen LogP contribution is -2.55. The van der Waals surface area contributed by atoms with Crippen molar-refractivity contribution in [1.29, 1.82) is 0 Å². The molecule has 0 atom stereocenters. The molecule has 0 saturated carbocycles. The van der Waals surface area contributed by atoms with Crippen LogP contribution in [-0.2, 0) is 4.74 Å². The first-order valence-electron chi connectivity index (χ1n) is 5.36. The van der Waals surface area contributed by atoms with Gasteiger partial charge in [0.05, 0.1) is 19.3 Å². The second-order valence-electron chi connectivity index (χ2n) is 3.53. The van der Waals surface area contributed by atoms with Crippen molar-refractivity contribution >= 4 is 0 Å². The largest absolute Gasteiger partial charge is 0.378 e. The first-order valence-corrected chi connectivity index (χ1v) is 5.36. The van der Waals surface area contributed by atoms with E-state index in [-0.39, 0.29) is 0 Å². The van der Waals surface area contributed by atoms with E-state index in [0.29, 0.717) is 0 Å². The van der Waals surface area contributed by atoms with Crippen LogP contribution in [0.1, 0.15) is 13.8 Å². The van der Waals surface area contributed by atoms with Crippen LogP contribution in [0.3, 0.4) is 0 Å². The molecule has 0 bridgehead atoms. The highest BCUT2D eigenvalue weighted by Gasteiger charge is 2.27. The molecule has 2 aliphatic rings. The van der Waals surface area contributed by atoms with Crippen LogP contribution in [-0.4, -0.2) is 62.3 Å². The Morgan fingerprint density at radius 2 is 1.54 bits per heavy atom. The molecule has 3 nitrogen and oxygen atoms in total. The lowest BCUT2D eigenvalue weighted by Gasteiger charge is -2.41. The number of nitrogens with zero attached hydrogens (tertiary/aromatic N) is 2. The zero-order valence-corrected chi connectivity index (χ0v) is 9.12. The third kappa shape index (κ3) is 2.93. The van der Waals surface area contributed by atoms with Gasteiger partial charge in [0.1, 0.15) is 0 Å². The van der Waals surface area contributed by atoms with Gasteiger partial charge in [0.15, 0.2) is 0 Å². The third-order valence-corrected chi connectivity index (χ3v) is 2.67. The summed E-state index contributed by atoms with van der Waals surface area (Å²) in [6.07, 6.45) is 0. The summed E-state index contributed by atoms with van der Waals surface area (Å²) in [4.78, 5) is 4.93. The smallest absolute Gasteiger partial charge is 0.0645 e. The van der Waals surface area contributed by atoms with E-state index in [1.54, 1.807) is 0 Å². The molecule has 0 unspecified atom stereocenters. The molecular formula is C10H22N2O. The van der Waals surface area contributed by atoms with Crippen molar-refractivity contribution in [3.63, 3.8) is 0 Å². The molecule has 2 aliphatic heterocycles. The Balaban J connectivity index is 0.000000396. The zero-order valence-electron chi connectivity index (χ0n) is 9.12. The average Bonchev–Trinajstić information content (AvgIpc) is 2.09. The van der Waals surface area contributed by atoms with Crippen LogP contribution in [0.25, 0.3) is 0 Å². The van der Waals surface area contributed by atoms with Gasteiger partial charge in [-0.25, -0.2) is 0 Å². The van der Waals surface area contributed by atoms with Crippen LogP contribution in [0.5, 0.6) is 0 Å². The summed E-state index contributed by atoms with van der Waals surface area (Å²) in [5, 5.41) is 0. The van der Waals surface area contributed by atoms with Crippen LogP contribution >= 0.6 is 0 Å². The SMILES string of the molecule is CC.CN1CCN(C2COC2)CC1. The molecule has 0 radical (unpaired) electrons. The van der Waals surface area contributed by atoms with E-state index in [2.05, 4.69) is 16.8 Å². The number of hydrogen-bond acceptors (Lipinski definition) is 3. The second-order valence-corrected chi connectivity index (χ2v) is 3.53. The maximum atomic E-state index is 5.16. The van der Waals surface area contributed by atoms with Gasteiger partial charge in [-0.2, -0.15) is 0 Å². The molecule has 0 aromatic rings. The van der Waals surface area contributed by atoms with Crippen molar-refractivity contribution in [2.45, 2.75) is 19.9 Å². The maximum absolute atomic E-state index is 5.16. The Morgan fingerprint density at radius 3 is 1.92 bits per heavy atom. The Kier molecular flexibility index (Phi) is 4.70. The molecule has 0 aromatic carbocycles. The van der Waals surface area contributed by atoms with E-state index in [9.17, 15) is 0 Å². The Labute approximate surface area is 81.7 Å². The van der Waals surface area contributed by atoms with Gasteiger partial charge in [-0.15, -0.1) is 0 Å².